The SMILES string of the molecule is CC(=O)NC1CCC2C(C1)c1c(OC(=O)CCC(=O)O)cc(OC(C)CCCc3ccccc3)cc1C1CCCCC12. The smallest absolute Gasteiger partial charge is 0.311 e. The highest BCUT2D eigenvalue weighted by molar-refractivity contribution is 5.78. The summed E-state index contributed by atoms with van der Waals surface area (Å²) >= 11 is 0. The third kappa shape index (κ3) is 7.34. The summed E-state index contributed by atoms with van der Waals surface area (Å²) in [7, 11) is 0. The van der Waals surface area contributed by atoms with Crippen molar-refractivity contribution in [2.24, 2.45) is 11.8 Å². The van der Waals surface area contributed by atoms with Gasteiger partial charge in [0.1, 0.15) is 11.5 Å². The molecule has 6 atom stereocenters. The Morgan fingerprint density at radius 2 is 1.74 bits per heavy atom. The number of fused-ring (bicyclic) bond motifs is 6. The second kappa shape index (κ2) is 13.7. The highest BCUT2D eigenvalue weighted by Crippen LogP contribution is 2.59. The number of esters is 1. The predicted molar refractivity (Wildman–Crippen MR) is 161 cm³/mol. The van der Waals surface area contributed by atoms with Gasteiger partial charge in [0.15, 0.2) is 0 Å². The molecule has 6 unspecified atom stereocenters. The third-order valence-electron chi connectivity index (χ3n) is 9.62. The van der Waals surface area contributed by atoms with E-state index in [1.54, 1.807) is 6.92 Å². The van der Waals surface area contributed by atoms with Crippen LogP contribution in [-0.4, -0.2) is 35.1 Å². The lowest BCUT2D eigenvalue weighted by Gasteiger charge is -2.50. The molecule has 0 bridgehead atoms. The molecule has 226 valence electrons. The van der Waals surface area contributed by atoms with Crippen molar-refractivity contribution in [1.29, 1.82) is 0 Å². The van der Waals surface area contributed by atoms with Crippen molar-refractivity contribution in [1.82, 2.24) is 5.32 Å². The average Bonchev–Trinajstić information content (AvgIpc) is 2.96. The Morgan fingerprint density at radius 3 is 2.50 bits per heavy atom. The monoisotopic (exact) mass is 575 g/mol. The molecular formula is C35H45NO6. The number of aryl methyl sites for hydroxylation is 1. The van der Waals surface area contributed by atoms with Crippen LogP contribution in [0.5, 0.6) is 11.5 Å². The molecule has 2 saturated carbocycles. The van der Waals surface area contributed by atoms with E-state index in [0.29, 0.717) is 29.3 Å². The number of hydrogen-bond acceptors (Lipinski definition) is 5. The molecule has 42 heavy (non-hydrogen) atoms. The fourth-order valence-electron chi connectivity index (χ4n) is 7.91. The second-order valence-electron chi connectivity index (χ2n) is 12.6. The first-order valence-corrected chi connectivity index (χ1v) is 15.9. The van der Waals surface area contributed by atoms with Crippen molar-refractivity contribution < 1.29 is 29.0 Å². The molecule has 0 aromatic heterocycles. The summed E-state index contributed by atoms with van der Waals surface area (Å²) in [4.78, 5) is 36.0. The third-order valence-corrected chi connectivity index (χ3v) is 9.62. The van der Waals surface area contributed by atoms with Gasteiger partial charge in [-0.1, -0.05) is 43.2 Å². The van der Waals surface area contributed by atoms with Crippen LogP contribution in [0, 0.1) is 11.8 Å². The number of carbonyl (C=O) groups is 3. The molecule has 0 spiro atoms. The summed E-state index contributed by atoms with van der Waals surface area (Å²) in [5, 5.41) is 12.3. The lowest BCUT2D eigenvalue weighted by Crippen LogP contribution is -2.44. The van der Waals surface area contributed by atoms with Gasteiger partial charge in [-0.3, -0.25) is 14.4 Å². The van der Waals surface area contributed by atoms with Crippen LogP contribution < -0.4 is 14.8 Å². The van der Waals surface area contributed by atoms with Gasteiger partial charge >= 0.3 is 11.9 Å². The van der Waals surface area contributed by atoms with Gasteiger partial charge in [0.05, 0.1) is 18.9 Å². The number of carboxylic acid groups (broad SMARTS) is 1. The van der Waals surface area contributed by atoms with Crippen molar-refractivity contribution in [2.45, 2.75) is 115 Å². The van der Waals surface area contributed by atoms with Crippen LogP contribution in [0.4, 0.5) is 0 Å². The lowest BCUT2D eigenvalue weighted by molar-refractivity contribution is -0.142. The van der Waals surface area contributed by atoms with Gasteiger partial charge in [-0.05, 0) is 99.2 Å². The first-order valence-electron chi connectivity index (χ1n) is 15.9. The predicted octanol–water partition coefficient (Wildman–Crippen LogP) is 6.92. The van der Waals surface area contributed by atoms with E-state index in [0.717, 1.165) is 50.5 Å². The normalized spacial score (nSPS) is 25.2. The number of hydrogen-bond donors (Lipinski definition) is 2. The van der Waals surface area contributed by atoms with Crippen LogP contribution in [0.15, 0.2) is 42.5 Å². The number of amides is 1. The zero-order valence-electron chi connectivity index (χ0n) is 25.0. The zero-order chi connectivity index (χ0) is 29.6. The Bertz CT molecular complexity index is 1260. The fourth-order valence-corrected chi connectivity index (χ4v) is 7.91. The minimum Gasteiger partial charge on any atom is -0.491 e. The Kier molecular flexibility index (Phi) is 9.86. The van der Waals surface area contributed by atoms with E-state index in [4.69, 9.17) is 14.6 Å². The van der Waals surface area contributed by atoms with Gasteiger partial charge in [0, 0.05) is 24.6 Å². The van der Waals surface area contributed by atoms with Crippen LogP contribution in [0.2, 0.25) is 0 Å². The zero-order valence-corrected chi connectivity index (χ0v) is 25.0. The minimum atomic E-state index is -1.02. The van der Waals surface area contributed by atoms with Crippen molar-refractivity contribution in [3.8, 4) is 11.5 Å². The summed E-state index contributed by atoms with van der Waals surface area (Å²) in [6.45, 7) is 3.65. The molecule has 0 heterocycles. The molecule has 0 aliphatic heterocycles. The van der Waals surface area contributed by atoms with E-state index in [9.17, 15) is 14.4 Å². The van der Waals surface area contributed by atoms with Gasteiger partial charge in [0.25, 0.3) is 0 Å². The summed E-state index contributed by atoms with van der Waals surface area (Å²) < 4.78 is 12.5. The molecule has 2 N–H and O–H groups in total. The average molecular weight is 576 g/mol. The summed E-state index contributed by atoms with van der Waals surface area (Å²) in [5.41, 5.74) is 3.61. The maximum Gasteiger partial charge on any atom is 0.311 e. The fraction of sp³-hybridized carbons (Fsp3) is 0.571. The quantitative estimate of drug-likeness (QED) is 0.223. The first-order chi connectivity index (χ1) is 20.3. The van der Waals surface area contributed by atoms with Gasteiger partial charge in [-0.15, -0.1) is 0 Å². The van der Waals surface area contributed by atoms with Crippen molar-refractivity contribution in [3.05, 3.63) is 59.2 Å². The van der Waals surface area contributed by atoms with Crippen LogP contribution >= 0.6 is 0 Å². The number of benzene rings is 2. The highest BCUT2D eigenvalue weighted by Gasteiger charge is 2.47. The summed E-state index contributed by atoms with van der Waals surface area (Å²) in [6, 6.07) is 14.6. The minimum absolute atomic E-state index is 0.0142. The van der Waals surface area contributed by atoms with E-state index in [2.05, 4.69) is 42.6 Å². The molecule has 5 rings (SSSR count). The van der Waals surface area contributed by atoms with Gasteiger partial charge in [-0.2, -0.15) is 0 Å². The van der Waals surface area contributed by atoms with Crippen LogP contribution in [0.1, 0.15) is 113 Å². The first kappa shape index (κ1) is 30.1. The molecule has 1 amide bonds. The number of carboxylic acids is 1. The van der Waals surface area contributed by atoms with Crippen LogP contribution in [0.25, 0.3) is 0 Å². The van der Waals surface area contributed by atoms with E-state index in [1.807, 2.05) is 12.1 Å². The van der Waals surface area contributed by atoms with Crippen LogP contribution in [0.3, 0.4) is 0 Å². The standard InChI is InChI=1S/C35H45NO6/c1-22(9-8-12-24-10-4-3-5-11-24)41-26-20-31-28-14-7-6-13-27(28)29-16-15-25(36-23(2)37)19-30(29)35(31)32(21-26)42-34(40)18-17-33(38)39/h3-5,10-11,20-22,25,27-30H,6-9,12-19H2,1-2H3,(H,36,37)(H,38,39). The second-order valence-corrected chi connectivity index (χ2v) is 12.6. The largest absolute Gasteiger partial charge is 0.491 e. The van der Waals surface area contributed by atoms with Crippen LogP contribution in [-0.2, 0) is 20.8 Å². The van der Waals surface area contributed by atoms with Gasteiger partial charge in [0.2, 0.25) is 5.91 Å². The Hall–Kier alpha value is -3.35. The number of rotatable bonds is 11. The number of aliphatic carboxylic acids is 1. The number of ether oxygens (including phenoxy) is 2. The molecule has 2 aromatic rings. The van der Waals surface area contributed by atoms with Gasteiger partial charge < -0.3 is 19.9 Å². The Morgan fingerprint density at radius 1 is 0.976 bits per heavy atom. The van der Waals surface area contributed by atoms with E-state index < -0.39 is 11.9 Å². The molecule has 7 heteroatoms. The lowest BCUT2D eigenvalue weighted by atomic mass is 9.55. The van der Waals surface area contributed by atoms with Crippen molar-refractivity contribution >= 4 is 17.8 Å². The molecule has 3 aliphatic rings. The summed E-state index contributed by atoms with van der Waals surface area (Å²) in [6.07, 6.45) is 9.99. The maximum absolute atomic E-state index is 12.9. The highest BCUT2D eigenvalue weighted by atomic mass is 16.5. The molecule has 2 fully saturated rings. The molecule has 2 aromatic carbocycles. The Labute approximate surface area is 249 Å². The Balaban J connectivity index is 1.44. The van der Waals surface area contributed by atoms with Crippen molar-refractivity contribution in [3.63, 3.8) is 0 Å². The molecular weight excluding hydrogens is 530 g/mol. The molecule has 0 radical (unpaired) electrons. The summed E-state index contributed by atoms with van der Waals surface area (Å²) in [5.74, 6) is 1.25. The number of carbonyl (C=O) groups excluding carboxylic acids is 2. The number of nitrogens with one attached hydrogen (secondary N) is 1. The topological polar surface area (TPSA) is 102 Å². The maximum atomic E-state index is 12.9. The van der Waals surface area contributed by atoms with Gasteiger partial charge in [-0.25, -0.2) is 0 Å². The van der Waals surface area contributed by atoms with E-state index in [1.165, 1.54) is 30.4 Å². The molecule has 7 nitrogen and oxygen atoms in total. The van der Waals surface area contributed by atoms with E-state index >= 15 is 0 Å². The van der Waals surface area contributed by atoms with Crippen molar-refractivity contribution in [2.75, 3.05) is 0 Å². The van der Waals surface area contributed by atoms with E-state index in [-0.39, 0.29) is 36.8 Å². The molecule has 3 aliphatic carbocycles. The molecule has 0 saturated heterocycles.